The Balaban J connectivity index is 1.72. The molecule has 0 radical (unpaired) electrons. The fourth-order valence-electron chi connectivity index (χ4n) is 4.88. The minimum Gasteiger partial charge on any atom is -0.366 e. The van der Waals surface area contributed by atoms with E-state index in [1.54, 1.807) is 23.4 Å². The molecule has 0 unspecified atom stereocenters. The van der Waals surface area contributed by atoms with Gasteiger partial charge in [-0.3, -0.25) is 4.79 Å². The first-order valence-corrected chi connectivity index (χ1v) is 13.8. The molecule has 9 heteroatoms. The first-order valence-electron chi connectivity index (χ1n) is 12.2. The van der Waals surface area contributed by atoms with E-state index in [0.29, 0.717) is 54.7 Å². The van der Waals surface area contributed by atoms with E-state index >= 15 is 0 Å². The molecule has 4 rings (SSSR count). The van der Waals surface area contributed by atoms with E-state index in [2.05, 4.69) is 17.2 Å². The topological polar surface area (TPSA) is 108 Å². The number of fused-ring (bicyclic) bond motifs is 1. The number of nitrogens with two attached hydrogens (primary N) is 1. The van der Waals surface area contributed by atoms with Crippen molar-refractivity contribution in [2.45, 2.75) is 45.6 Å². The summed E-state index contributed by atoms with van der Waals surface area (Å²) in [6, 6.07) is 8.57. The lowest BCUT2D eigenvalue weighted by molar-refractivity contribution is 0.100. The van der Waals surface area contributed by atoms with Crippen LogP contribution in [0.25, 0.3) is 22.0 Å². The number of carbonyl (C=O) groups is 1. The molecule has 188 valence electrons. The van der Waals surface area contributed by atoms with Crippen LogP contribution >= 0.6 is 0 Å². The molecule has 4 N–H and O–H groups in total. The molecule has 1 saturated heterocycles. The number of H-pyrrole nitrogens is 1. The molecule has 35 heavy (non-hydrogen) atoms. The maximum Gasteiger partial charge on any atom is 0.250 e. The maximum atomic E-state index is 14.9. The fourth-order valence-corrected chi connectivity index (χ4v) is 6.01. The second-order valence-electron chi connectivity index (χ2n) is 9.12. The summed E-state index contributed by atoms with van der Waals surface area (Å²) in [6.45, 7) is 6.15. The zero-order valence-electron chi connectivity index (χ0n) is 20.2. The monoisotopic (exact) mass is 500 g/mol. The average Bonchev–Trinajstić information content (AvgIpc) is 3.28. The van der Waals surface area contributed by atoms with E-state index in [1.807, 2.05) is 18.3 Å². The van der Waals surface area contributed by atoms with Crippen LogP contribution in [0.3, 0.4) is 0 Å². The van der Waals surface area contributed by atoms with Crippen molar-refractivity contribution in [2.75, 3.05) is 25.4 Å². The third-order valence-electron chi connectivity index (χ3n) is 6.84. The van der Waals surface area contributed by atoms with Gasteiger partial charge in [-0.2, -0.15) is 0 Å². The Morgan fingerprint density at radius 3 is 2.60 bits per heavy atom. The second kappa shape index (κ2) is 10.5. The van der Waals surface area contributed by atoms with E-state index in [4.69, 9.17) is 5.73 Å². The molecule has 2 heterocycles. The highest BCUT2D eigenvalue weighted by Crippen LogP contribution is 2.37. The second-order valence-corrected chi connectivity index (χ2v) is 11.4. The number of aromatic nitrogens is 1. The van der Waals surface area contributed by atoms with E-state index in [0.717, 1.165) is 29.5 Å². The summed E-state index contributed by atoms with van der Waals surface area (Å²) >= 11 is 0. The predicted molar refractivity (Wildman–Crippen MR) is 137 cm³/mol. The lowest BCUT2D eigenvalue weighted by Crippen LogP contribution is -2.38. The van der Waals surface area contributed by atoms with Gasteiger partial charge in [-0.25, -0.2) is 17.1 Å². The van der Waals surface area contributed by atoms with Gasteiger partial charge < -0.3 is 16.0 Å². The van der Waals surface area contributed by atoms with Crippen LogP contribution in [0.1, 0.15) is 60.5 Å². The van der Waals surface area contributed by atoms with E-state index in [1.165, 1.54) is 6.07 Å². The van der Waals surface area contributed by atoms with Crippen molar-refractivity contribution in [1.82, 2.24) is 14.6 Å². The van der Waals surface area contributed by atoms with E-state index in [9.17, 15) is 17.6 Å². The molecule has 2 aromatic carbocycles. The van der Waals surface area contributed by atoms with Crippen molar-refractivity contribution in [3.05, 3.63) is 59.0 Å². The number of primary amides is 1. The number of sulfonamides is 1. The molecule has 0 bridgehead atoms. The van der Waals surface area contributed by atoms with E-state index < -0.39 is 15.9 Å². The Hall–Kier alpha value is -2.75. The molecule has 1 aliphatic heterocycles. The number of amides is 1. The fraction of sp³-hybridized carbons (Fsp3) is 0.423. The number of benzene rings is 2. The molecule has 1 aliphatic rings. The molecule has 7 nitrogen and oxygen atoms in total. The van der Waals surface area contributed by atoms with Crippen molar-refractivity contribution < 1.29 is 17.6 Å². The van der Waals surface area contributed by atoms with Crippen LogP contribution < -0.4 is 11.1 Å². The van der Waals surface area contributed by atoms with Gasteiger partial charge in [0.15, 0.2) is 0 Å². The van der Waals surface area contributed by atoms with Crippen LogP contribution in [0.4, 0.5) is 4.39 Å². The minimum atomic E-state index is -3.22. The van der Waals surface area contributed by atoms with E-state index in [-0.39, 0.29) is 17.5 Å². The Kier molecular flexibility index (Phi) is 7.59. The SMILES string of the molecule is CCCNCc1ccc(F)c(-c2cc(C(N)=O)c3[nH]cc(C4CCN(S(=O)(=O)CC)CC4)c3c2)c1. The van der Waals surface area contributed by atoms with Crippen molar-refractivity contribution >= 4 is 26.8 Å². The molecule has 0 aliphatic carbocycles. The first-order chi connectivity index (χ1) is 16.7. The van der Waals surface area contributed by atoms with Gasteiger partial charge in [-0.15, -0.1) is 0 Å². The highest BCUT2D eigenvalue weighted by atomic mass is 32.2. The van der Waals surface area contributed by atoms with Gasteiger partial charge in [0.2, 0.25) is 10.0 Å². The van der Waals surface area contributed by atoms with Crippen molar-refractivity contribution in [3.8, 4) is 11.1 Å². The van der Waals surface area contributed by atoms with Crippen LogP contribution in [0.2, 0.25) is 0 Å². The number of hydrogen-bond acceptors (Lipinski definition) is 4. The summed E-state index contributed by atoms with van der Waals surface area (Å²) in [4.78, 5) is 15.5. The van der Waals surface area contributed by atoms with Gasteiger partial charge in [0.25, 0.3) is 5.91 Å². The molecule has 1 fully saturated rings. The predicted octanol–water partition coefficient (Wildman–Crippen LogP) is 4.10. The van der Waals surface area contributed by atoms with Crippen LogP contribution in [-0.2, 0) is 16.6 Å². The Morgan fingerprint density at radius 1 is 1.20 bits per heavy atom. The van der Waals surface area contributed by atoms with Crippen LogP contribution in [0, 0.1) is 5.82 Å². The summed E-state index contributed by atoms with van der Waals surface area (Å²) in [5.74, 6) is -0.740. The summed E-state index contributed by atoms with van der Waals surface area (Å²) in [7, 11) is -3.22. The van der Waals surface area contributed by atoms with Gasteiger partial charge in [-0.1, -0.05) is 13.0 Å². The highest BCUT2D eigenvalue weighted by Gasteiger charge is 2.29. The minimum absolute atomic E-state index is 0.0919. The lowest BCUT2D eigenvalue weighted by atomic mass is 9.88. The van der Waals surface area contributed by atoms with Gasteiger partial charge in [0, 0.05) is 36.8 Å². The third kappa shape index (κ3) is 5.27. The number of rotatable bonds is 9. The molecule has 1 amide bonds. The van der Waals surface area contributed by atoms with Crippen molar-refractivity contribution in [1.29, 1.82) is 0 Å². The number of nitrogens with zero attached hydrogens (tertiary/aromatic N) is 1. The first kappa shape index (κ1) is 25.3. The maximum absolute atomic E-state index is 14.9. The van der Waals surface area contributed by atoms with Crippen molar-refractivity contribution in [2.24, 2.45) is 5.73 Å². The molecule has 1 aromatic heterocycles. The standard InChI is InChI=1S/C26H33FN4O3S/c1-3-9-29-15-17-5-6-24(27)20(12-17)19-13-21-23(16-30-25(21)22(14-19)26(28)32)18-7-10-31(11-8-18)35(33,34)4-2/h5-6,12-14,16,18,29-30H,3-4,7-11,15H2,1-2H3,(H2,28,32). The van der Waals surface area contributed by atoms with Gasteiger partial charge in [0.05, 0.1) is 16.8 Å². The molecule has 0 saturated carbocycles. The Bertz CT molecular complexity index is 1330. The van der Waals surface area contributed by atoms with Gasteiger partial charge in [-0.05, 0) is 79.6 Å². The molecular formula is C26H33FN4O3S. The Labute approximate surface area is 205 Å². The molecular weight excluding hydrogens is 467 g/mol. The molecule has 3 aromatic rings. The van der Waals surface area contributed by atoms with Crippen molar-refractivity contribution in [3.63, 3.8) is 0 Å². The smallest absolute Gasteiger partial charge is 0.250 e. The molecule has 0 atom stereocenters. The lowest BCUT2D eigenvalue weighted by Gasteiger charge is -2.31. The number of halogens is 1. The Morgan fingerprint density at radius 2 is 1.94 bits per heavy atom. The van der Waals surface area contributed by atoms with Gasteiger partial charge in [0.1, 0.15) is 5.82 Å². The summed E-state index contributed by atoms with van der Waals surface area (Å²) in [5.41, 5.74) is 9.60. The number of hydrogen-bond donors (Lipinski definition) is 3. The van der Waals surface area contributed by atoms with Crippen LogP contribution in [0.15, 0.2) is 36.5 Å². The zero-order chi connectivity index (χ0) is 25.2. The summed E-state index contributed by atoms with van der Waals surface area (Å²) < 4.78 is 41.0. The van der Waals surface area contributed by atoms with Gasteiger partial charge >= 0.3 is 0 Å². The largest absolute Gasteiger partial charge is 0.366 e. The highest BCUT2D eigenvalue weighted by molar-refractivity contribution is 7.89. The van der Waals surface area contributed by atoms with Crippen LogP contribution in [0.5, 0.6) is 0 Å². The number of carbonyl (C=O) groups excluding carboxylic acids is 1. The average molecular weight is 501 g/mol. The number of aromatic amines is 1. The number of nitrogens with one attached hydrogen (secondary N) is 2. The van der Waals surface area contributed by atoms with Crippen LogP contribution in [-0.4, -0.2) is 49.0 Å². The normalized spacial score (nSPS) is 15.6. The third-order valence-corrected chi connectivity index (χ3v) is 8.72. The summed E-state index contributed by atoms with van der Waals surface area (Å²) in [6.07, 6.45) is 4.23. The number of piperidine rings is 1. The zero-order valence-corrected chi connectivity index (χ0v) is 21.1. The quantitative estimate of drug-likeness (QED) is 0.384. The summed E-state index contributed by atoms with van der Waals surface area (Å²) in [5, 5.41) is 4.15. The molecule has 0 spiro atoms.